The zero-order valence-electron chi connectivity index (χ0n) is 10.4. The molecule has 1 aromatic heterocycles. The SMILES string of the molecule is CCC1(Cn2c(CCl)nc3cc(I)ccc32)CC1. The summed E-state index contributed by atoms with van der Waals surface area (Å²) in [6, 6.07) is 6.45. The Balaban J connectivity index is 2.08. The van der Waals surface area contributed by atoms with Crippen LogP contribution in [0.2, 0.25) is 0 Å². The first-order valence-corrected chi connectivity index (χ1v) is 7.99. The molecule has 1 heterocycles. The Kier molecular flexibility index (Phi) is 3.30. The van der Waals surface area contributed by atoms with E-state index in [0.717, 1.165) is 17.9 Å². The van der Waals surface area contributed by atoms with Gasteiger partial charge in [0.15, 0.2) is 0 Å². The molecule has 0 amide bonds. The Morgan fingerprint density at radius 2 is 2.22 bits per heavy atom. The first kappa shape index (κ1) is 12.7. The summed E-state index contributed by atoms with van der Waals surface area (Å²) in [5, 5.41) is 0. The van der Waals surface area contributed by atoms with Crippen molar-refractivity contribution in [2.75, 3.05) is 0 Å². The summed E-state index contributed by atoms with van der Waals surface area (Å²) in [4.78, 5) is 4.66. The van der Waals surface area contributed by atoms with Gasteiger partial charge in [-0.25, -0.2) is 4.98 Å². The van der Waals surface area contributed by atoms with E-state index in [-0.39, 0.29) is 0 Å². The first-order valence-electron chi connectivity index (χ1n) is 6.38. The molecule has 4 heteroatoms. The highest BCUT2D eigenvalue weighted by molar-refractivity contribution is 14.1. The second-order valence-corrected chi connectivity index (χ2v) is 6.75. The van der Waals surface area contributed by atoms with E-state index in [9.17, 15) is 0 Å². The van der Waals surface area contributed by atoms with Gasteiger partial charge in [0.2, 0.25) is 0 Å². The summed E-state index contributed by atoms with van der Waals surface area (Å²) in [5.41, 5.74) is 2.81. The van der Waals surface area contributed by atoms with Crippen molar-refractivity contribution < 1.29 is 0 Å². The van der Waals surface area contributed by atoms with Gasteiger partial charge in [0, 0.05) is 10.1 Å². The van der Waals surface area contributed by atoms with Gasteiger partial charge in [-0.15, -0.1) is 11.6 Å². The molecule has 1 aliphatic carbocycles. The van der Waals surface area contributed by atoms with Gasteiger partial charge < -0.3 is 4.57 Å². The number of nitrogens with zero attached hydrogens (tertiary/aromatic N) is 2. The van der Waals surface area contributed by atoms with Crippen LogP contribution in [0.15, 0.2) is 18.2 Å². The van der Waals surface area contributed by atoms with Gasteiger partial charge in [-0.3, -0.25) is 0 Å². The lowest BCUT2D eigenvalue weighted by atomic mass is 10.0. The predicted molar refractivity (Wildman–Crippen MR) is 84.0 cm³/mol. The summed E-state index contributed by atoms with van der Waals surface area (Å²) in [6.07, 6.45) is 3.93. The van der Waals surface area contributed by atoms with Crippen LogP contribution < -0.4 is 0 Å². The van der Waals surface area contributed by atoms with E-state index in [1.54, 1.807) is 0 Å². The number of rotatable bonds is 4. The Labute approximate surface area is 126 Å². The van der Waals surface area contributed by atoms with Crippen LogP contribution >= 0.6 is 34.2 Å². The van der Waals surface area contributed by atoms with E-state index in [1.165, 1.54) is 28.3 Å². The number of halogens is 2. The predicted octanol–water partition coefficient (Wildman–Crippen LogP) is 4.57. The molecule has 0 atom stereocenters. The lowest BCUT2D eigenvalue weighted by molar-refractivity contribution is 0.410. The number of imidazole rings is 1. The Bertz CT molecular complexity index is 587. The number of fused-ring (bicyclic) bond motifs is 1. The van der Waals surface area contributed by atoms with E-state index in [1.807, 2.05) is 0 Å². The minimum absolute atomic E-state index is 0.491. The van der Waals surface area contributed by atoms with Gasteiger partial charge in [0.05, 0.1) is 16.9 Å². The van der Waals surface area contributed by atoms with Gasteiger partial charge in [0.25, 0.3) is 0 Å². The second kappa shape index (κ2) is 4.67. The topological polar surface area (TPSA) is 17.8 Å². The van der Waals surface area contributed by atoms with Crippen LogP contribution in [0, 0.1) is 8.99 Å². The molecule has 1 saturated carbocycles. The van der Waals surface area contributed by atoms with E-state index < -0.39 is 0 Å². The summed E-state index contributed by atoms with van der Waals surface area (Å²) < 4.78 is 3.55. The van der Waals surface area contributed by atoms with Crippen LogP contribution in [0.25, 0.3) is 11.0 Å². The highest BCUT2D eigenvalue weighted by atomic mass is 127. The van der Waals surface area contributed by atoms with E-state index in [2.05, 4.69) is 57.3 Å². The van der Waals surface area contributed by atoms with Crippen LogP contribution in [-0.4, -0.2) is 9.55 Å². The molecule has 0 unspecified atom stereocenters. The second-order valence-electron chi connectivity index (χ2n) is 5.23. The molecule has 0 spiro atoms. The van der Waals surface area contributed by atoms with Crippen LogP contribution in [0.3, 0.4) is 0 Å². The third-order valence-corrected chi connectivity index (χ3v) is 5.02. The Hall–Kier alpha value is -0.290. The molecule has 1 aliphatic rings. The van der Waals surface area contributed by atoms with Crippen LogP contribution in [0.4, 0.5) is 0 Å². The minimum Gasteiger partial charge on any atom is -0.326 e. The molecular formula is C14H16ClIN2. The molecular weight excluding hydrogens is 359 g/mol. The highest BCUT2D eigenvalue weighted by Gasteiger charge is 2.41. The first-order chi connectivity index (χ1) is 8.67. The third-order valence-electron chi connectivity index (χ3n) is 4.11. The monoisotopic (exact) mass is 374 g/mol. The van der Waals surface area contributed by atoms with Crippen molar-refractivity contribution in [3.05, 3.63) is 27.6 Å². The lowest BCUT2D eigenvalue weighted by Gasteiger charge is -2.15. The molecule has 0 saturated heterocycles. The van der Waals surface area contributed by atoms with Crippen molar-refractivity contribution in [3.63, 3.8) is 0 Å². The smallest absolute Gasteiger partial charge is 0.124 e. The van der Waals surface area contributed by atoms with E-state index in [4.69, 9.17) is 11.6 Å². The molecule has 1 fully saturated rings. The molecule has 18 heavy (non-hydrogen) atoms. The summed E-state index contributed by atoms with van der Waals surface area (Å²) in [5.74, 6) is 1.50. The average Bonchev–Trinajstić information content (AvgIpc) is 3.07. The molecule has 0 bridgehead atoms. The number of hydrogen-bond donors (Lipinski definition) is 0. The molecule has 2 aromatic rings. The van der Waals surface area contributed by atoms with Crippen molar-refractivity contribution in [2.45, 2.75) is 38.6 Å². The van der Waals surface area contributed by atoms with Gasteiger partial charge in [-0.2, -0.15) is 0 Å². The van der Waals surface area contributed by atoms with Gasteiger partial charge in [-0.1, -0.05) is 6.92 Å². The minimum atomic E-state index is 0.491. The van der Waals surface area contributed by atoms with E-state index >= 15 is 0 Å². The largest absolute Gasteiger partial charge is 0.326 e. The highest BCUT2D eigenvalue weighted by Crippen LogP contribution is 2.50. The average molecular weight is 375 g/mol. The van der Waals surface area contributed by atoms with E-state index in [0.29, 0.717) is 11.3 Å². The molecule has 2 nitrogen and oxygen atoms in total. The zero-order valence-corrected chi connectivity index (χ0v) is 13.3. The fraction of sp³-hybridized carbons (Fsp3) is 0.500. The molecule has 3 rings (SSSR count). The molecule has 96 valence electrons. The van der Waals surface area contributed by atoms with Crippen molar-refractivity contribution in [3.8, 4) is 0 Å². The lowest BCUT2D eigenvalue weighted by Crippen LogP contribution is -2.12. The van der Waals surface area contributed by atoms with Crippen LogP contribution in [0.1, 0.15) is 32.0 Å². The normalized spacial score (nSPS) is 17.3. The Morgan fingerprint density at radius 3 is 2.83 bits per heavy atom. The van der Waals surface area contributed by atoms with Gasteiger partial charge in [-0.05, 0) is 65.5 Å². The maximum atomic E-state index is 6.05. The van der Waals surface area contributed by atoms with Crippen molar-refractivity contribution >= 4 is 45.2 Å². The number of benzene rings is 1. The Morgan fingerprint density at radius 1 is 1.44 bits per heavy atom. The van der Waals surface area contributed by atoms with Crippen molar-refractivity contribution in [2.24, 2.45) is 5.41 Å². The van der Waals surface area contributed by atoms with Crippen LogP contribution in [0.5, 0.6) is 0 Å². The fourth-order valence-corrected chi connectivity index (χ4v) is 3.25. The quantitative estimate of drug-likeness (QED) is 0.566. The summed E-state index contributed by atoms with van der Waals surface area (Å²) in [6.45, 7) is 3.36. The van der Waals surface area contributed by atoms with Gasteiger partial charge >= 0.3 is 0 Å². The molecule has 1 aromatic carbocycles. The zero-order chi connectivity index (χ0) is 12.8. The fourth-order valence-electron chi connectivity index (χ4n) is 2.57. The number of aromatic nitrogens is 2. The standard InChI is InChI=1S/C14H16ClIN2/c1-2-14(5-6-14)9-18-12-4-3-10(16)7-11(12)17-13(18)8-15/h3-4,7H,2,5-6,8-9H2,1H3. The molecule has 0 N–H and O–H groups in total. The molecule has 0 radical (unpaired) electrons. The third kappa shape index (κ3) is 2.16. The molecule has 0 aliphatic heterocycles. The maximum Gasteiger partial charge on any atom is 0.124 e. The number of hydrogen-bond acceptors (Lipinski definition) is 1. The summed E-state index contributed by atoms with van der Waals surface area (Å²) in [7, 11) is 0. The van der Waals surface area contributed by atoms with Gasteiger partial charge in [0.1, 0.15) is 5.82 Å². The maximum absolute atomic E-state index is 6.05. The number of alkyl halides is 1. The summed E-state index contributed by atoms with van der Waals surface area (Å²) >= 11 is 8.38. The van der Waals surface area contributed by atoms with Crippen LogP contribution in [-0.2, 0) is 12.4 Å². The van der Waals surface area contributed by atoms with Crippen molar-refractivity contribution in [1.82, 2.24) is 9.55 Å². The van der Waals surface area contributed by atoms with Crippen molar-refractivity contribution in [1.29, 1.82) is 0 Å².